The number of benzene rings is 2. The Morgan fingerprint density at radius 2 is 1.75 bits per heavy atom. The minimum Gasteiger partial charge on any atom is -0.351 e. The van der Waals surface area contributed by atoms with Gasteiger partial charge in [-0.05, 0) is 24.1 Å². The first-order valence-electron chi connectivity index (χ1n) is 6.80. The second kappa shape index (κ2) is 7.11. The summed E-state index contributed by atoms with van der Waals surface area (Å²) in [5.74, 6) is 0.201. The average molecular weight is 288 g/mol. The van der Waals surface area contributed by atoms with Crippen LogP contribution in [-0.2, 0) is 0 Å². The quantitative estimate of drug-likeness (QED) is 0.874. The maximum absolute atomic E-state index is 12.1. The number of carbonyl (C=O) groups is 1. The lowest BCUT2D eigenvalue weighted by atomic mass is 9.96. The molecular formula is C17H18ClNO. The summed E-state index contributed by atoms with van der Waals surface area (Å²) in [4.78, 5) is 12.1. The fourth-order valence-corrected chi connectivity index (χ4v) is 2.40. The molecule has 0 spiro atoms. The molecule has 1 N–H and O–H groups in total. The molecule has 104 valence electrons. The Kier molecular flexibility index (Phi) is 5.19. The Morgan fingerprint density at radius 1 is 1.10 bits per heavy atom. The molecule has 2 aromatic carbocycles. The SMILES string of the molecule is CC[C@H](CNC(=O)c1ccccc1Cl)c1ccccc1. The van der Waals surface area contributed by atoms with E-state index >= 15 is 0 Å². The first-order chi connectivity index (χ1) is 9.72. The standard InChI is InChI=1S/C17H18ClNO/c1-2-13(14-8-4-3-5-9-14)12-19-17(20)15-10-6-7-11-16(15)18/h3-11,13H,2,12H2,1H3,(H,19,20)/t13-/m1/s1. The van der Waals surface area contributed by atoms with Crippen LogP contribution < -0.4 is 5.32 Å². The van der Waals surface area contributed by atoms with Gasteiger partial charge >= 0.3 is 0 Å². The van der Waals surface area contributed by atoms with Gasteiger partial charge in [0.15, 0.2) is 0 Å². The largest absolute Gasteiger partial charge is 0.351 e. The molecule has 0 aromatic heterocycles. The van der Waals surface area contributed by atoms with Crippen LogP contribution in [0.1, 0.15) is 35.2 Å². The number of carbonyl (C=O) groups excluding carboxylic acids is 1. The minimum atomic E-state index is -0.120. The van der Waals surface area contributed by atoms with Crippen molar-refractivity contribution in [3.8, 4) is 0 Å². The Bertz CT molecular complexity index is 568. The van der Waals surface area contributed by atoms with Crippen molar-refractivity contribution >= 4 is 17.5 Å². The molecule has 2 rings (SSSR count). The van der Waals surface area contributed by atoms with Gasteiger partial charge in [-0.15, -0.1) is 0 Å². The van der Waals surface area contributed by atoms with E-state index in [0.717, 1.165) is 6.42 Å². The summed E-state index contributed by atoms with van der Waals surface area (Å²) in [5, 5.41) is 3.45. The highest BCUT2D eigenvalue weighted by atomic mass is 35.5. The third-order valence-corrected chi connectivity index (χ3v) is 3.72. The molecule has 0 saturated carbocycles. The van der Waals surface area contributed by atoms with E-state index in [1.807, 2.05) is 30.3 Å². The number of hydrogen-bond acceptors (Lipinski definition) is 1. The van der Waals surface area contributed by atoms with Gasteiger partial charge in [0.05, 0.1) is 10.6 Å². The minimum absolute atomic E-state index is 0.120. The maximum Gasteiger partial charge on any atom is 0.252 e. The molecule has 1 amide bonds. The predicted molar refractivity (Wildman–Crippen MR) is 83.3 cm³/mol. The van der Waals surface area contributed by atoms with Crippen LogP contribution in [0, 0.1) is 0 Å². The van der Waals surface area contributed by atoms with Crippen molar-refractivity contribution in [1.29, 1.82) is 0 Å². The van der Waals surface area contributed by atoms with Gasteiger partial charge in [0.1, 0.15) is 0 Å². The summed E-state index contributed by atoms with van der Waals surface area (Å²) in [6.45, 7) is 2.74. The molecule has 0 aliphatic carbocycles. The first kappa shape index (κ1) is 14.6. The highest BCUT2D eigenvalue weighted by Crippen LogP contribution is 2.19. The van der Waals surface area contributed by atoms with Crippen LogP contribution in [0.4, 0.5) is 0 Å². The number of nitrogens with one attached hydrogen (secondary N) is 1. The zero-order chi connectivity index (χ0) is 14.4. The van der Waals surface area contributed by atoms with E-state index in [-0.39, 0.29) is 5.91 Å². The van der Waals surface area contributed by atoms with Gasteiger partial charge in [0, 0.05) is 12.5 Å². The molecular weight excluding hydrogens is 270 g/mol. The van der Waals surface area contributed by atoms with Crippen molar-refractivity contribution in [3.05, 3.63) is 70.7 Å². The highest BCUT2D eigenvalue weighted by Gasteiger charge is 2.13. The van der Waals surface area contributed by atoms with E-state index in [0.29, 0.717) is 23.0 Å². The molecule has 0 fully saturated rings. The van der Waals surface area contributed by atoms with E-state index in [1.165, 1.54) is 5.56 Å². The van der Waals surface area contributed by atoms with Crippen LogP contribution in [0.15, 0.2) is 54.6 Å². The van der Waals surface area contributed by atoms with Crippen LogP contribution >= 0.6 is 11.6 Å². The van der Waals surface area contributed by atoms with Crippen molar-refractivity contribution < 1.29 is 4.79 Å². The highest BCUT2D eigenvalue weighted by molar-refractivity contribution is 6.33. The number of amides is 1. The molecule has 0 aliphatic rings. The molecule has 0 aliphatic heterocycles. The molecule has 0 bridgehead atoms. The summed E-state index contributed by atoms with van der Waals surface area (Å²) in [7, 11) is 0. The van der Waals surface area contributed by atoms with Gasteiger partial charge in [0.2, 0.25) is 0 Å². The molecule has 1 atom stereocenters. The van der Waals surface area contributed by atoms with Crippen molar-refractivity contribution in [2.75, 3.05) is 6.54 Å². The third kappa shape index (κ3) is 3.61. The monoisotopic (exact) mass is 287 g/mol. The second-order valence-corrected chi connectivity index (χ2v) is 5.11. The van der Waals surface area contributed by atoms with Gasteiger partial charge in [-0.2, -0.15) is 0 Å². The molecule has 2 aromatic rings. The molecule has 0 radical (unpaired) electrons. The predicted octanol–water partition coefficient (Wildman–Crippen LogP) is 4.26. The molecule has 2 nitrogen and oxygen atoms in total. The first-order valence-corrected chi connectivity index (χ1v) is 7.17. The van der Waals surface area contributed by atoms with Crippen LogP contribution in [0.5, 0.6) is 0 Å². The van der Waals surface area contributed by atoms with Crippen LogP contribution in [0.3, 0.4) is 0 Å². The lowest BCUT2D eigenvalue weighted by molar-refractivity contribution is 0.0951. The smallest absolute Gasteiger partial charge is 0.252 e. The summed E-state index contributed by atoms with van der Waals surface area (Å²) in [6, 6.07) is 17.3. The third-order valence-electron chi connectivity index (χ3n) is 3.39. The fourth-order valence-electron chi connectivity index (χ4n) is 2.18. The van der Waals surface area contributed by atoms with E-state index in [9.17, 15) is 4.79 Å². The fraction of sp³-hybridized carbons (Fsp3) is 0.235. The average Bonchev–Trinajstić information content (AvgIpc) is 2.49. The Morgan fingerprint density at radius 3 is 2.40 bits per heavy atom. The zero-order valence-electron chi connectivity index (χ0n) is 11.5. The molecule has 0 unspecified atom stereocenters. The summed E-state index contributed by atoms with van der Waals surface area (Å²) in [6.07, 6.45) is 0.979. The van der Waals surface area contributed by atoms with Gasteiger partial charge < -0.3 is 5.32 Å². The van der Waals surface area contributed by atoms with Crippen LogP contribution in [0.25, 0.3) is 0 Å². The van der Waals surface area contributed by atoms with E-state index in [2.05, 4.69) is 24.4 Å². The lowest BCUT2D eigenvalue weighted by Gasteiger charge is -2.16. The number of hydrogen-bond donors (Lipinski definition) is 1. The normalized spacial score (nSPS) is 11.9. The number of halogens is 1. The topological polar surface area (TPSA) is 29.1 Å². The molecule has 3 heteroatoms. The van der Waals surface area contributed by atoms with E-state index in [4.69, 9.17) is 11.6 Å². The Balaban J connectivity index is 2.01. The molecule has 0 heterocycles. The van der Waals surface area contributed by atoms with Gasteiger partial charge in [0.25, 0.3) is 5.91 Å². The van der Waals surface area contributed by atoms with Gasteiger partial charge in [-0.25, -0.2) is 0 Å². The van der Waals surface area contributed by atoms with Crippen LogP contribution in [0.2, 0.25) is 5.02 Å². The van der Waals surface area contributed by atoms with Gasteiger partial charge in [-0.1, -0.05) is 61.0 Å². The maximum atomic E-state index is 12.1. The van der Waals surface area contributed by atoms with Crippen molar-refractivity contribution in [2.24, 2.45) is 0 Å². The summed E-state index contributed by atoms with van der Waals surface area (Å²) in [5.41, 5.74) is 1.77. The van der Waals surface area contributed by atoms with Gasteiger partial charge in [-0.3, -0.25) is 4.79 Å². The van der Waals surface area contributed by atoms with Crippen molar-refractivity contribution in [1.82, 2.24) is 5.32 Å². The van der Waals surface area contributed by atoms with Crippen molar-refractivity contribution in [3.63, 3.8) is 0 Å². The molecule has 0 saturated heterocycles. The van der Waals surface area contributed by atoms with E-state index in [1.54, 1.807) is 12.1 Å². The second-order valence-electron chi connectivity index (χ2n) is 4.71. The zero-order valence-corrected chi connectivity index (χ0v) is 12.2. The van der Waals surface area contributed by atoms with E-state index < -0.39 is 0 Å². The Labute approximate surface area is 124 Å². The number of rotatable bonds is 5. The van der Waals surface area contributed by atoms with Crippen molar-refractivity contribution in [2.45, 2.75) is 19.3 Å². The Hall–Kier alpha value is -1.80. The summed E-state index contributed by atoms with van der Waals surface area (Å²) >= 11 is 6.02. The molecule has 20 heavy (non-hydrogen) atoms. The summed E-state index contributed by atoms with van der Waals surface area (Å²) < 4.78 is 0. The lowest BCUT2D eigenvalue weighted by Crippen LogP contribution is -2.28. The van der Waals surface area contributed by atoms with Crippen LogP contribution in [-0.4, -0.2) is 12.5 Å².